The van der Waals surface area contributed by atoms with Crippen LogP contribution in [0.2, 0.25) is 0 Å². The number of hydrogen-bond acceptors (Lipinski definition) is 3. The van der Waals surface area contributed by atoms with Gasteiger partial charge in [0.1, 0.15) is 0 Å². The van der Waals surface area contributed by atoms with Crippen LogP contribution in [0.1, 0.15) is 25.7 Å². The van der Waals surface area contributed by atoms with Gasteiger partial charge in [0.15, 0.2) is 0 Å². The molecule has 1 fully saturated rings. The Bertz CT molecular complexity index is 350. The van der Waals surface area contributed by atoms with Gasteiger partial charge in [0.05, 0.1) is 0 Å². The van der Waals surface area contributed by atoms with E-state index in [0.29, 0.717) is 0 Å². The van der Waals surface area contributed by atoms with Crippen LogP contribution < -0.4 is 5.32 Å². The van der Waals surface area contributed by atoms with Crippen molar-refractivity contribution < 1.29 is 4.39 Å². The summed E-state index contributed by atoms with van der Waals surface area (Å²) in [5.41, 5.74) is 0.803. The summed E-state index contributed by atoms with van der Waals surface area (Å²) >= 11 is 0. The lowest BCUT2D eigenvalue weighted by Gasteiger charge is -2.24. The van der Waals surface area contributed by atoms with E-state index >= 15 is 0 Å². The summed E-state index contributed by atoms with van der Waals surface area (Å²) in [6.45, 7) is 1.84. The van der Waals surface area contributed by atoms with Gasteiger partial charge < -0.3 is 10.2 Å². The van der Waals surface area contributed by atoms with E-state index in [1.54, 1.807) is 6.07 Å². The predicted octanol–water partition coefficient (Wildman–Crippen LogP) is 2.51. The molecule has 0 spiro atoms. The Balaban J connectivity index is 1.71. The van der Waals surface area contributed by atoms with E-state index in [0.717, 1.165) is 24.8 Å². The van der Waals surface area contributed by atoms with Crippen molar-refractivity contribution in [2.24, 2.45) is 0 Å². The molecule has 1 saturated carbocycles. The molecule has 0 saturated heterocycles. The molecular formula is C13H20FN3. The topological polar surface area (TPSA) is 28.2 Å². The summed E-state index contributed by atoms with van der Waals surface area (Å²) in [6.07, 6.45) is 6.84. The van der Waals surface area contributed by atoms with Crippen LogP contribution in [0.25, 0.3) is 0 Å². The number of likely N-dealkylation sites (N-methyl/N-ethyl adjacent to an activating group) is 1. The van der Waals surface area contributed by atoms with Crippen molar-refractivity contribution in [3.05, 3.63) is 24.3 Å². The number of halogens is 1. The van der Waals surface area contributed by atoms with Crippen LogP contribution in [0.4, 0.5) is 10.1 Å². The first-order valence-corrected chi connectivity index (χ1v) is 6.31. The fourth-order valence-electron chi connectivity index (χ4n) is 2.42. The van der Waals surface area contributed by atoms with Crippen molar-refractivity contribution in [2.75, 3.05) is 25.5 Å². The highest BCUT2D eigenvalue weighted by molar-refractivity contribution is 5.41. The molecule has 2 rings (SSSR count). The third-order valence-electron chi connectivity index (χ3n) is 3.47. The molecule has 0 amide bonds. The third-order valence-corrected chi connectivity index (χ3v) is 3.47. The molecule has 3 nitrogen and oxygen atoms in total. The molecule has 0 atom stereocenters. The fourth-order valence-corrected chi connectivity index (χ4v) is 2.42. The van der Waals surface area contributed by atoms with E-state index in [1.807, 2.05) is 0 Å². The molecule has 1 aromatic heterocycles. The van der Waals surface area contributed by atoms with Crippen LogP contribution >= 0.6 is 0 Å². The second-order valence-electron chi connectivity index (χ2n) is 4.71. The van der Waals surface area contributed by atoms with Gasteiger partial charge in [0, 0.05) is 37.1 Å². The number of nitrogens with zero attached hydrogens (tertiary/aromatic N) is 2. The highest BCUT2D eigenvalue weighted by Crippen LogP contribution is 2.21. The minimum absolute atomic E-state index is 0.431. The second-order valence-corrected chi connectivity index (χ2v) is 4.71. The van der Waals surface area contributed by atoms with Crippen molar-refractivity contribution >= 4 is 5.69 Å². The molecule has 4 heteroatoms. The Labute approximate surface area is 102 Å². The Morgan fingerprint density at radius 2 is 2.24 bits per heavy atom. The van der Waals surface area contributed by atoms with Crippen molar-refractivity contribution in [2.45, 2.75) is 31.7 Å². The average molecular weight is 237 g/mol. The van der Waals surface area contributed by atoms with Gasteiger partial charge in [-0.25, -0.2) is 4.98 Å². The summed E-state index contributed by atoms with van der Waals surface area (Å²) in [6, 6.07) is 3.96. The normalized spacial score (nSPS) is 16.6. The Hall–Kier alpha value is -1.16. The average Bonchev–Trinajstić information content (AvgIpc) is 2.82. The summed E-state index contributed by atoms with van der Waals surface area (Å²) in [5.74, 6) is -0.431. The molecule has 94 valence electrons. The summed E-state index contributed by atoms with van der Waals surface area (Å²) < 4.78 is 12.8. The minimum Gasteiger partial charge on any atom is -0.384 e. The van der Waals surface area contributed by atoms with Crippen LogP contribution in [0.15, 0.2) is 18.3 Å². The highest BCUT2D eigenvalue weighted by atomic mass is 19.1. The zero-order chi connectivity index (χ0) is 12.1. The largest absolute Gasteiger partial charge is 0.384 e. The molecule has 0 aliphatic heterocycles. The Kier molecular flexibility index (Phi) is 4.31. The first kappa shape index (κ1) is 12.3. The van der Waals surface area contributed by atoms with Crippen molar-refractivity contribution in [3.8, 4) is 0 Å². The lowest BCUT2D eigenvalue weighted by molar-refractivity contribution is 0.254. The monoisotopic (exact) mass is 237 g/mol. The smallest absolute Gasteiger partial charge is 0.214 e. The van der Waals surface area contributed by atoms with Crippen LogP contribution in [0.5, 0.6) is 0 Å². The zero-order valence-corrected chi connectivity index (χ0v) is 10.3. The van der Waals surface area contributed by atoms with Gasteiger partial charge in [-0.05, 0) is 26.0 Å². The maximum atomic E-state index is 12.8. The van der Waals surface area contributed by atoms with Gasteiger partial charge in [0.2, 0.25) is 5.95 Å². The van der Waals surface area contributed by atoms with E-state index in [9.17, 15) is 4.39 Å². The minimum atomic E-state index is -0.431. The van der Waals surface area contributed by atoms with Crippen LogP contribution in [0, 0.1) is 5.95 Å². The molecule has 1 heterocycles. The first-order chi connectivity index (χ1) is 8.25. The first-order valence-electron chi connectivity index (χ1n) is 6.31. The van der Waals surface area contributed by atoms with Crippen LogP contribution in [0.3, 0.4) is 0 Å². The molecular weight excluding hydrogens is 217 g/mol. The molecule has 17 heavy (non-hydrogen) atoms. The maximum Gasteiger partial charge on any atom is 0.214 e. The van der Waals surface area contributed by atoms with E-state index in [2.05, 4.69) is 22.2 Å². The summed E-state index contributed by atoms with van der Waals surface area (Å²) in [5, 5.41) is 3.22. The van der Waals surface area contributed by atoms with E-state index in [1.165, 1.54) is 37.9 Å². The molecule has 0 bridgehead atoms. The van der Waals surface area contributed by atoms with Gasteiger partial charge in [-0.2, -0.15) is 4.39 Å². The van der Waals surface area contributed by atoms with Crippen LogP contribution in [-0.2, 0) is 0 Å². The lowest BCUT2D eigenvalue weighted by Crippen LogP contribution is -2.33. The lowest BCUT2D eigenvalue weighted by atomic mass is 10.2. The Morgan fingerprint density at radius 3 is 2.94 bits per heavy atom. The van der Waals surface area contributed by atoms with Gasteiger partial charge in [0.25, 0.3) is 0 Å². The maximum absolute atomic E-state index is 12.8. The quantitative estimate of drug-likeness (QED) is 0.798. The number of rotatable bonds is 5. The molecule has 0 radical (unpaired) electrons. The Morgan fingerprint density at radius 1 is 1.47 bits per heavy atom. The summed E-state index contributed by atoms with van der Waals surface area (Å²) in [7, 11) is 2.17. The molecule has 1 aromatic rings. The number of anilines is 1. The van der Waals surface area contributed by atoms with Crippen LogP contribution in [-0.4, -0.2) is 36.1 Å². The highest BCUT2D eigenvalue weighted by Gasteiger charge is 2.18. The van der Waals surface area contributed by atoms with Crippen molar-refractivity contribution in [3.63, 3.8) is 0 Å². The second kappa shape index (κ2) is 5.96. The van der Waals surface area contributed by atoms with Gasteiger partial charge >= 0.3 is 0 Å². The predicted molar refractivity (Wildman–Crippen MR) is 67.6 cm³/mol. The van der Waals surface area contributed by atoms with Gasteiger partial charge in [-0.3, -0.25) is 0 Å². The number of aromatic nitrogens is 1. The standard InChI is InChI=1S/C13H20FN3/c1-17(12-4-2-3-5-12)9-8-15-11-6-7-16-13(14)10-11/h6-7,10,12H,2-5,8-9H2,1H3,(H,15,16). The molecule has 0 aromatic carbocycles. The number of pyridine rings is 1. The summed E-state index contributed by atoms with van der Waals surface area (Å²) in [4.78, 5) is 5.93. The number of nitrogens with one attached hydrogen (secondary N) is 1. The molecule has 1 N–H and O–H groups in total. The van der Waals surface area contributed by atoms with Gasteiger partial charge in [-0.1, -0.05) is 12.8 Å². The molecule has 1 aliphatic rings. The SMILES string of the molecule is CN(CCNc1ccnc(F)c1)C1CCCC1. The van der Waals surface area contributed by atoms with E-state index < -0.39 is 5.95 Å². The third kappa shape index (κ3) is 3.66. The van der Waals surface area contributed by atoms with E-state index in [-0.39, 0.29) is 0 Å². The van der Waals surface area contributed by atoms with Crippen molar-refractivity contribution in [1.29, 1.82) is 0 Å². The molecule has 1 aliphatic carbocycles. The van der Waals surface area contributed by atoms with E-state index in [4.69, 9.17) is 0 Å². The fraction of sp³-hybridized carbons (Fsp3) is 0.615. The van der Waals surface area contributed by atoms with Gasteiger partial charge in [-0.15, -0.1) is 0 Å². The molecule has 0 unspecified atom stereocenters. The zero-order valence-electron chi connectivity index (χ0n) is 10.3. The van der Waals surface area contributed by atoms with Crippen molar-refractivity contribution in [1.82, 2.24) is 9.88 Å². The number of hydrogen-bond donors (Lipinski definition) is 1.